The maximum atomic E-state index is 12.9. The van der Waals surface area contributed by atoms with Crippen molar-refractivity contribution in [3.8, 4) is 0 Å². The van der Waals surface area contributed by atoms with Gasteiger partial charge in [0.15, 0.2) is 0 Å². The molecule has 1 amide bonds. The van der Waals surface area contributed by atoms with Crippen LogP contribution in [0.25, 0.3) is 0 Å². The zero-order chi connectivity index (χ0) is 18.1. The van der Waals surface area contributed by atoms with Gasteiger partial charge in [-0.05, 0) is 43.6 Å². The second kappa shape index (κ2) is 10.3. The average molecular weight is 430 g/mol. The van der Waals surface area contributed by atoms with Gasteiger partial charge >= 0.3 is 0 Å². The van der Waals surface area contributed by atoms with Gasteiger partial charge < -0.3 is 15.8 Å². The van der Waals surface area contributed by atoms with Gasteiger partial charge in [0.05, 0.1) is 25.2 Å². The van der Waals surface area contributed by atoms with Crippen LogP contribution in [0.4, 0.5) is 0 Å². The summed E-state index contributed by atoms with van der Waals surface area (Å²) in [4.78, 5) is 15.3. The van der Waals surface area contributed by atoms with E-state index in [9.17, 15) is 4.79 Å². The summed E-state index contributed by atoms with van der Waals surface area (Å²) in [6.07, 6.45) is 3.51. The first-order chi connectivity index (χ1) is 12.6. The topological polar surface area (TPSA) is 67.6 Å². The zero-order valence-corrected chi connectivity index (χ0v) is 18.1. The third kappa shape index (κ3) is 4.82. The Morgan fingerprint density at radius 2 is 1.82 bits per heavy atom. The van der Waals surface area contributed by atoms with Crippen LogP contribution in [-0.4, -0.2) is 49.7 Å². The standard InChI is InChI=1S/C21H31N3O2.2ClH/c1-14-2-4-15(5-3-14)18(24-8-10-26-11-9-24)13-23-21(25)19-16-6-7-17(12-16)20(19)22;;/h2-5,16-20H,6-13,22H2,1H3,(H,23,25);2*1H. The summed E-state index contributed by atoms with van der Waals surface area (Å²) in [7, 11) is 0. The number of ether oxygens (including phenoxy) is 1. The minimum absolute atomic E-state index is 0. The number of benzene rings is 1. The molecular formula is C21H33Cl2N3O2. The average Bonchev–Trinajstić information content (AvgIpc) is 3.25. The molecule has 1 aliphatic heterocycles. The van der Waals surface area contributed by atoms with E-state index < -0.39 is 0 Å². The van der Waals surface area contributed by atoms with Gasteiger partial charge in [-0.3, -0.25) is 9.69 Å². The monoisotopic (exact) mass is 429 g/mol. The molecule has 1 saturated heterocycles. The van der Waals surface area contributed by atoms with Crippen molar-refractivity contribution in [1.29, 1.82) is 0 Å². The van der Waals surface area contributed by atoms with Gasteiger partial charge in [-0.15, -0.1) is 24.8 Å². The van der Waals surface area contributed by atoms with Gasteiger partial charge in [0, 0.05) is 25.7 Å². The number of hydrogen-bond acceptors (Lipinski definition) is 4. The van der Waals surface area contributed by atoms with Crippen molar-refractivity contribution >= 4 is 30.7 Å². The molecule has 5 unspecified atom stereocenters. The molecule has 5 atom stereocenters. The first-order valence-electron chi connectivity index (χ1n) is 10.0. The number of aryl methyl sites for hydroxylation is 1. The number of hydrogen-bond donors (Lipinski definition) is 2. The summed E-state index contributed by atoms with van der Waals surface area (Å²) in [5, 5.41) is 3.25. The maximum absolute atomic E-state index is 12.9. The van der Waals surface area contributed by atoms with Crippen LogP contribution in [0.3, 0.4) is 0 Å². The summed E-state index contributed by atoms with van der Waals surface area (Å²) < 4.78 is 5.51. The molecule has 4 rings (SSSR count). The van der Waals surface area contributed by atoms with Crippen molar-refractivity contribution in [2.24, 2.45) is 23.5 Å². The van der Waals surface area contributed by atoms with E-state index in [0.29, 0.717) is 18.4 Å². The molecule has 5 nitrogen and oxygen atoms in total. The van der Waals surface area contributed by atoms with E-state index >= 15 is 0 Å². The molecule has 1 aromatic carbocycles. The van der Waals surface area contributed by atoms with Crippen LogP contribution in [-0.2, 0) is 9.53 Å². The van der Waals surface area contributed by atoms with Gasteiger partial charge in [0.1, 0.15) is 0 Å². The molecule has 2 saturated carbocycles. The molecule has 3 N–H and O–H groups in total. The first-order valence-corrected chi connectivity index (χ1v) is 10.0. The number of rotatable bonds is 5. The predicted molar refractivity (Wildman–Crippen MR) is 116 cm³/mol. The Morgan fingerprint density at radius 1 is 1.18 bits per heavy atom. The second-order valence-electron chi connectivity index (χ2n) is 8.26. The maximum Gasteiger partial charge on any atom is 0.225 e. The van der Waals surface area contributed by atoms with Gasteiger partial charge in [0.25, 0.3) is 0 Å². The molecule has 28 heavy (non-hydrogen) atoms. The third-order valence-electron chi connectivity index (χ3n) is 6.70. The number of fused-ring (bicyclic) bond motifs is 2. The van der Waals surface area contributed by atoms with Crippen molar-refractivity contribution in [1.82, 2.24) is 10.2 Å². The number of carbonyl (C=O) groups is 1. The van der Waals surface area contributed by atoms with Crippen LogP contribution in [0.2, 0.25) is 0 Å². The van der Waals surface area contributed by atoms with Crippen molar-refractivity contribution in [2.45, 2.75) is 38.3 Å². The molecule has 2 aliphatic carbocycles. The molecule has 2 bridgehead atoms. The van der Waals surface area contributed by atoms with Crippen molar-refractivity contribution < 1.29 is 9.53 Å². The van der Waals surface area contributed by atoms with Gasteiger partial charge in [0.2, 0.25) is 5.91 Å². The van der Waals surface area contributed by atoms with E-state index in [1.165, 1.54) is 24.0 Å². The Balaban J connectivity index is 0.00000140. The smallest absolute Gasteiger partial charge is 0.225 e. The quantitative estimate of drug-likeness (QED) is 0.754. The summed E-state index contributed by atoms with van der Waals surface area (Å²) in [5.74, 6) is 1.23. The molecule has 1 heterocycles. The normalized spacial score (nSPS) is 30.2. The first kappa shape index (κ1) is 23.4. The summed E-state index contributed by atoms with van der Waals surface area (Å²) in [5.41, 5.74) is 8.87. The third-order valence-corrected chi connectivity index (χ3v) is 6.70. The zero-order valence-electron chi connectivity index (χ0n) is 16.5. The lowest BCUT2D eigenvalue weighted by molar-refractivity contribution is -0.127. The van der Waals surface area contributed by atoms with E-state index in [1.807, 2.05) is 0 Å². The molecular weight excluding hydrogens is 397 g/mol. The fourth-order valence-corrected chi connectivity index (χ4v) is 5.18. The van der Waals surface area contributed by atoms with Crippen LogP contribution in [0.5, 0.6) is 0 Å². The highest BCUT2D eigenvalue weighted by Crippen LogP contribution is 2.47. The molecule has 1 aromatic rings. The van der Waals surface area contributed by atoms with E-state index in [0.717, 1.165) is 32.7 Å². The van der Waals surface area contributed by atoms with Gasteiger partial charge in [-0.2, -0.15) is 0 Å². The molecule has 3 aliphatic rings. The fraction of sp³-hybridized carbons (Fsp3) is 0.667. The second-order valence-corrected chi connectivity index (χ2v) is 8.26. The SMILES string of the molecule is Cc1ccc(C(CNC(=O)C2C3CCC(C3)C2N)N2CCOCC2)cc1.Cl.Cl. The lowest BCUT2D eigenvalue weighted by Gasteiger charge is -2.35. The minimum atomic E-state index is 0. The van der Waals surface area contributed by atoms with Crippen LogP contribution in [0.1, 0.15) is 36.4 Å². The van der Waals surface area contributed by atoms with Gasteiger partial charge in [-0.1, -0.05) is 29.8 Å². The minimum Gasteiger partial charge on any atom is -0.379 e. The summed E-state index contributed by atoms with van der Waals surface area (Å²) in [6.45, 7) is 6.07. The molecule has 3 fully saturated rings. The van der Waals surface area contributed by atoms with Crippen LogP contribution in [0.15, 0.2) is 24.3 Å². The Hall–Kier alpha value is -0.850. The number of nitrogens with one attached hydrogen (secondary N) is 1. The number of amides is 1. The number of nitrogens with zero attached hydrogens (tertiary/aromatic N) is 1. The highest BCUT2D eigenvalue weighted by atomic mass is 35.5. The van der Waals surface area contributed by atoms with E-state index in [-0.39, 0.29) is 48.7 Å². The summed E-state index contributed by atoms with van der Waals surface area (Å²) >= 11 is 0. The number of carbonyl (C=O) groups excluding carboxylic acids is 1. The van der Waals surface area contributed by atoms with Gasteiger partial charge in [-0.25, -0.2) is 0 Å². The Kier molecular flexibility index (Phi) is 8.59. The number of halogens is 2. The lowest BCUT2D eigenvalue weighted by Crippen LogP contribution is -2.48. The van der Waals surface area contributed by atoms with Crippen LogP contribution in [0, 0.1) is 24.7 Å². The van der Waals surface area contributed by atoms with Crippen molar-refractivity contribution in [3.05, 3.63) is 35.4 Å². The van der Waals surface area contributed by atoms with E-state index in [1.54, 1.807) is 0 Å². The van der Waals surface area contributed by atoms with E-state index in [2.05, 4.69) is 41.4 Å². The van der Waals surface area contributed by atoms with Crippen molar-refractivity contribution in [2.75, 3.05) is 32.8 Å². The van der Waals surface area contributed by atoms with Crippen LogP contribution < -0.4 is 11.1 Å². The van der Waals surface area contributed by atoms with Crippen LogP contribution >= 0.6 is 24.8 Å². The molecule has 0 radical (unpaired) electrons. The largest absolute Gasteiger partial charge is 0.379 e. The Morgan fingerprint density at radius 3 is 2.43 bits per heavy atom. The highest BCUT2D eigenvalue weighted by Gasteiger charge is 2.49. The highest BCUT2D eigenvalue weighted by molar-refractivity contribution is 5.85. The Labute approximate surface area is 180 Å². The molecule has 158 valence electrons. The molecule has 7 heteroatoms. The predicted octanol–water partition coefficient (Wildman–Crippen LogP) is 2.70. The number of nitrogens with two attached hydrogens (primary N) is 1. The van der Waals surface area contributed by atoms with Crippen molar-refractivity contribution in [3.63, 3.8) is 0 Å². The number of morpholine rings is 1. The molecule has 0 aromatic heterocycles. The Bertz CT molecular complexity index is 635. The lowest BCUT2D eigenvalue weighted by atomic mass is 9.84. The fourth-order valence-electron chi connectivity index (χ4n) is 5.18. The van der Waals surface area contributed by atoms with E-state index in [4.69, 9.17) is 10.5 Å². The molecule has 0 spiro atoms. The summed E-state index contributed by atoms with van der Waals surface area (Å²) in [6, 6.07) is 8.91.